The van der Waals surface area contributed by atoms with E-state index in [1.165, 1.54) is 10.8 Å². The highest BCUT2D eigenvalue weighted by Crippen LogP contribution is 2.33. The zero-order valence-electron chi connectivity index (χ0n) is 9.44. The van der Waals surface area contributed by atoms with E-state index < -0.39 is 0 Å². The highest BCUT2D eigenvalue weighted by molar-refractivity contribution is 6.37. The van der Waals surface area contributed by atoms with Crippen LogP contribution < -0.4 is 0 Å². The first kappa shape index (κ1) is 9.92. The molecule has 18 heavy (non-hydrogen) atoms. The maximum Gasteiger partial charge on any atom is 0.138 e. The number of fused-ring (bicyclic) bond motifs is 5. The third kappa shape index (κ3) is 1.21. The van der Waals surface area contributed by atoms with Gasteiger partial charge in [-0.3, -0.25) is 0 Å². The second-order valence-corrected chi connectivity index (χ2v) is 4.72. The van der Waals surface area contributed by atoms with Gasteiger partial charge in [0.1, 0.15) is 5.15 Å². The fraction of sp³-hybridized carbons (Fsp3) is 0. The van der Waals surface area contributed by atoms with E-state index in [4.69, 9.17) is 11.6 Å². The molecule has 0 bridgehead atoms. The van der Waals surface area contributed by atoms with Crippen LogP contribution in [0.3, 0.4) is 0 Å². The summed E-state index contributed by atoms with van der Waals surface area (Å²) in [7, 11) is 0. The molecular formula is C15H9ClN2. The molecule has 4 rings (SSSR count). The van der Waals surface area contributed by atoms with Crippen molar-refractivity contribution in [2.45, 2.75) is 0 Å². The lowest BCUT2D eigenvalue weighted by Crippen LogP contribution is -1.80. The highest BCUT2D eigenvalue weighted by Gasteiger charge is 2.09. The molecule has 2 aromatic heterocycles. The number of nitrogens with zero attached hydrogens (tertiary/aromatic N) is 1. The van der Waals surface area contributed by atoms with Crippen LogP contribution in [0.25, 0.3) is 32.6 Å². The first-order valence-electron chi connectivity index (χ1n) is 5.78. The molecule has 4 aromatic rings. The molecule has 0 aliphatic heterocycles. The second kappa shape index (κ2) is 3.47. The molecule has 3 heteroatoms. The van der Waals surface area contributed by atoms with Crippen molar-refractivity contribution in [1.29, 1.82) is 0 Å². The molecule has 86 valence electrons. The van der Waals surface area contributed by atoms with Gasteiger partial charge in [-0.15, -0.1) is 0 Å². The summed E-state index contributed by atoms with van der Waals surface area (Å²) >= 11 is 6.23. The average molecular weight is 253 g/mol. The zero-order chi connectivity index (χ0) is 12.1. The SMILES string of the molecule is Clc1nccc2ccc3c4ccccc4[nH]c3c12. The van der Waals surface area contributed by atoms with Gasteiger partial charge in [-0.05, 0) is 17.5 Å². The van der Waals surface area contributed by atoms with Crippen LogP contribution in [-0.4, -0.2) is 9.97 Å². The number of aromatic amines is 1. The van der Waals surface area contributed by atoms with E-state index in [1.807, 2.05) is 18.2 Å². The minimum absolute atomic E-state index is 0.546. The molecule has 2 heterocycles. The number of rotatable bonds is 0. The van der Waals surface area contributed by atoms with Crippen LogP contribution in [0.2, 0.25) is 5.15 Å². The Labute approximate surface area is 108 Å². The molecule has 0 aliphatic rings. The van der Waals surface area contributed by atoms with Crippen molar-refractivity contribution < 1.29 is 0 Å². The molecule has 2 nitrogen and oxygen atoms in total. The van der Waals surface area contributed by atoms with Crippen LogP contribution in [-0.2, 0) is 0 Å². The van der Waals surface area contributed by atoms with Crippen LogP contribution in [0.1, 0.15) is 0 Å². The second-order valence-electron chi connectivity index (χ2n) is 4.36. The Balaban J connectivity index is 2.35. The van der Waals surface area contributed by atoms with E-state index in [0.29, 0.717) is 5.15 Å². The maximum absolute atomic E-state index is 6.23. The lowest BCUT2D eigenvalue weighted by atomic mass is 10.1. The Morgan fingerprint density at radius 3 is 2.78 bits per heavy atom. The van der Waals surface area contributed by atoms with Crippen molar-refractivity contribution in [3.05, 3.63) is 53.8 Å². The number of aromatic nitrogens is 2. The number of para-hydroxylation sites is 1. The molecule has 0 saturated heterocycles. The third-order valence-corrected chi connectivity index (χ3v) is 3.65. The fourth-order valence-corrected chi connectivity index (χ4v) is 2.80. The minimum atomic E-state index is 0.546. The first-order valence-corrected chi connectivity index (χ1v) is 6.16. The van der Waals surface area contributed by atoms with Gasteiger partial charge in [-0.25, -0.2) is 4.98 Å². The van der Waals surface area contributed by atoms with Crippen molar-refractivity contribution in [1.82, 2.24) is 9.97 Å². The number of pyridine rings is 1. The lowest BCUT2D eigenvalue weighted by molar-refractivity contribution is 1.36. The number of H-pyrrole nitrogens is 1. The van der Waals surface area contributed by atoms with Gasteiger partial charge in [0.15, 0.2) is 0 Å². The van der Waals surface area contributed by atoms with Gasteiger partial charge in [-0.2, -0.15) is 0 Å². The molecule has 0 aliphatic carbocycles. The molecule has 0 spiro atoms. The van der Waals surface area contributed by atoms with Crippen molar-refractivity contribution in [2.24, 2.45) is 0 Å². The van der Waals surface area contributed by atoms with Crippen LogP contribution in [0.15, 0.2) is 48.7 Å². The van der Waals surface area contributed by atoms with E-state index in [-0.39, 0.29) is 0 Å². The molecule has 0 atom stereocenters. The molecule has 2 aromatic carbocycles. The van der Waals surface area contributed by atoms with Gasteiger partial charge < -0.3 is 4.98 Å². The number of nitrogens with one attached hydrogen (secondary N) is 1. The number of halogens is 1. The van der Waals surface area contributed by atoms with Gasteiger partial charge in [-0.1, -0.05) is 41.9 Å². The largest absolute Gasteiger partial charge is 0.354 e. The van der Waals surface area contributed by atoms with E-state index in [9.17, 15) is 0 Å². The summed E-state index contributed by atoms with van der Waals surface area (Å²) in [6.07, 6.45) is 1.74. The first-order chi connectivity index (χ1) is 8.84. The summed E-state index contributed by atoms with van der Waals surface area (Å²) in [6, 6.07) is 14.5. The van der Waals surface area contributed by atoms with Crippen LogP contribution in [0.5, 0.6) is 0 Å². The number of benzene rings is 2. The normalized spacial score (nSPS) is 11.6. The van der Waals surface area contributed by atoms with E-state index >= 15 is 0 Å². The summed E-state index contributed by atoms with van der Waals surface area (Å²) in [4.78, 5) is 7.61. The van der Waals surface area contributed by atoms with Gasteiger partial charge in [0, 0.05) is 27.9 Å². The topological polar surface area (TPSA) is 28.7 Å². The molecule has 0 saturated carbocycles. The smallest absolute Gasteiger partial charge is 0.138 e. The molecule has 0 unspecified atom stereocenters. The zero-order valence-corrected chi connectivity index (χ0v) is 10.2. The van der Waals surface area contributed by atoms with Crippen molar-refractivity contribution in [3.8, 4) is 0 Å². The Morgan fingerprint density at radius 1 is 0.944 bits per heavy atom. The predicted octanol–water partition coefficient (Wildman–Crippen LogP) is 4.52. The average Bonchev–Trinajstić information content (AvgIpc) is 2.77. The van der Waals surface area contributed by atoms with Gasteiger partial charge in [0.25, 0.3) is 0 Å². The fourth-order valence-electron chi connectivity index (χ4n) is 2.54. The summed E-state index contributed by atoms with van der Waals surface area (Å²) in [6.45, 7) is 0. The lowest BCUT2D eigenvalue weighted by Gasteiger charge is -2.00. The molecule has 0 amide bonds. The molecule has 0 radical (unpaired) electrons. The van der Waals surface area contributed by atoms with Crippen molar-refractivity contribution in [3.63, 3.8) is 0 Å². The monoisotopic (exact) mass is 252 g/mol. The van der Waals surface area contributed by atoms with Gasteiger partial charge in [0.2, 0.25) is 0 Å². The van der Waals surface area contributed by atoms with E-state index in [2.05, 4.69) is 34.2 Å². The quantitative estimate of drug-likeness (QED) is 0.458. The number of hydrogen-bond donors (Lipinski definition) is 1. The summed E-state index contributed by atoms with van der Waals surface area (Å²) in [5, 5.41) is 5.05. The highest BCUT2D eigenvalue weighted by atomic mass is 35.5. The maximum atomic E-state index is 6.23. The van der Waals surface area contributed by atoms with E-state index in [0.717, 1.165) is 21.8 Å². The Bertz CT molecular complexity index is 893. The summed E-state index contributed by atoms with van der Waals surface area (Å²) in [5.74, 6) is 0. The van der Waals surface area contributed by atoms with Gasteiger partial charge >= 0.3 is 0 Å². The van der Waals surface area contributed by atoms with Crippen molar-refractivity contribution >= 4 is 44.2 Å². The Kier molecular flexibility index (Phi) is 1.91. The minimum Gasteiger partial charge on any atom is -0.354 e. The van der Waals surface area contributed by atoms with Crippen molar-refractivity contribution in [2.75, 3.05) is 0 Å². The Morgan fingerprint density at radius 2 is 1.83 bits per heavy atom. The van der Waals surface area contributed by atoms with Crippen LogP contribution in [0, 0.1) is 0 Å². The summed E-state index contributed by atoms with van der Waals surface area (Å²) in [5.41, 5.74) is 2.19. The number of hydrogen-bond acceptors (Lipinski definition) is 1. The third-order valence-electron chi connectivity index (χ3n) is 3.36. The molecule has 1 N–H and O–H groups in total. The van der Waals surface area contributed by atoms with Crippen LogP contribution in [0.4, 0.5) is 0 Å². The summed E-state index contributed by atoms with van der Waals surface area (Å²) < 4.78 is 0. The van der Waals surface area contributed by atoms with Crippen LogP contribution >= 0.6 is 11.6 Å². The molecular weight excluding hydrogens is 244 g/mol. The Hall–Kier alpha value is -2.06. The molecule has 0 fully saturated rings. The van der Waals surface area contributed by atoms with Gasteiger partial charge in [0.05, 0.1) is 5.52 Å². The van der Waals surface area contributed by atoms with E-state index in [1.54, 1.807) is 6.20 Å². The predicted molar refractivity (Wildman–Crippen MR) is 76.1 cm³/mol. The standard InChI is InChI=1S/C15H9ClN2/c16-15-13-9(7-8-17-15)5-6-11-10-3-1-2-4-12(10)18-14(11)13/h1-8,18H.